The quantitative estimate of drug-likeness (QED) is 0.709. The molecule has 3 aromatic rings. The molecule has 0 fully saturated rings. The third kappa shape index (κ3) is 2.76. The Labute approximate surface area is 122 Å². The van der Waals surface area contributed by atoms with Crippen molar-refractivity contribution in [3.8, 4) is 0 Å². The second kappa shape index (κ2) is 5.76. The molecule has 0 radical (unpaired) electrons. The van der Waals surface area contributed by atoms with Crippen LogP contribution in [0, 0.1) is 13.8 Å². The number of hydrogen-bond donors (Lipinski definition) is 1. The fraction of sp³-hybridized carbons (Fsp3) is 0.429. The molecule has 0 aliphatic heterocycles. The molecular weight excluding hydrogens is 270 g/mol. The van der Waals surface area contributed by atoms with E-state index in [1.54, 1.807) is 11.3 Å². The van der Waals surface area contributed by atoms with Crippen LogP contribution in [0.2, 0.25) is 0 Å². The molecular formula is C14H19N5S. The smallest absolute Gasteiger partial charge is 0.194 e. The molecule has 106 valence electrons. The van der Waals surface area contributed by atoms with Gasteiger partial charge in [0.25, 0.3) is 0 Å². The van der Waals surface area contributed by atoms with Crippen LogP contribution in [0.4, 0.5) is 0 Å². The number of aromatic nitrogens is 4. The van der Waals surface area contributed by atoms with Gasteiger partial charge in [-0.2, -0.15) is 0 Å². The van der Waals surface area contributed by atoms with Crippen molar-refractivity contribution in [1.29, 1.82) is 0 Å². The van der Waals surface area contributed by atoms with Crippen molar-refractivity contribution in [2.75, 3.05) is 6.54 Å². The average Bonchev–Trinajstić information content (AvgIpc) is 3.08. The number of aryl methyl sites for hydroxylation is 3. The molecule has 3 heterocycles. The fourth-order valence-corrected chi connectivity index (χ4v) is 3.22. The Morgan fingerprint density at radius 2 is 2.25 bits per heavy atom. The minimum Gasteiger partial charge on any atom is -0.337 e. The lowest BCUT2D eigenvalue weighted by Crippen LogP contribution is -2.17. The highest BCUT2D eigenvalue weighted by atomic mass is 32.1. The molecule has 20 heavy (non-hydrogen) atoms. The fourth-order valence-electron chi connectivity index (χ4n) is 2.33. The molecule has 0 saturated carbocycles. The Morgan fingerprint density at radius 1 is 1.35 bits per heavy atom. The van der Waals surface area contributed by atoms with Crippen molar-refractivity contribution in [2.24, 2.45) is 0 Å². The molecule has 0 spiro atoms. The SMILES string of the molecule is Cc1cn2c(CNCCCn3ccnc3)c(C)nc2s1. The maximum absolute atomic E-state index is 4.60. The van der Waals surface area contributed by atoms with Gasteiger partial charge in [-0.05, 0) is 26.8 Å². The Kier molecular flexibility index (Phi) is 3.84. The summed E-state index contributed by atoms with van der Waals surface area (Å²) in [4.78, 5) is 11.0. The van der Waals surface area contributed by atoms with E-state index in [4.69, 9.17) is 0 Å². The Bertz CT molecular complexity index is 680. The van der Waals surface area contributed by atoms with Crippen LogP contribution in [-0.4, -0.2) is 25.5 Å². The Balaban J connectivity index is 1.53. The van der Waals surface area contributed by atoms with E-state index in [9.17, 15) is 0 Å². The van der Waals surface area contributed by atoms with Gasteiger partial charge in [0.05, 0.1) is 17.7 Å². The van der Waals surface area contributed by atoms with Crippen molar-refractivity contribution < 1.29 is 0 Å². The third-order valence-electron chi connectivity index (χ3n) is 3.36. The molecule has 0 aliphatic rings. The van der Waals surface area contributed by atoms with E-state index in [1.807, 2.05) is 18.7 Å². The van der Waals surface area contributed by atoms with Crippen molar-refractivity contribution >= 4 is 16.3 Å². The van der Waals surface area contributed by atoms with Gasteiger partial charge in [-0.25, -0.2) is 9.97 Å². The first-order valence-electron chi connectivity index (χ1n) is 6.84. The number of hydrogen-bond acceptors (Lipinski definition) is 4. The number of thiazole rings is 1. The van der Waals surface area contributed by atoms with Gasteiger partial charge >= 0.3 is 0 Å². The second-order valence-corrected chi connectivity index (χ2v) is 6.18. The molecule has 0 bridgehead atoms. The molecule has 1 N–H and O–H groups in total. The van der Waals surface area contributed by atoms with Crippen LogP contribution >= 0.6 is 11.3 Å². The minimum absolute atomic E-state index is 0.868. The molecule has 5 nitrogen and oxygen atoms in total. The minimum atomic E-state index is 0.868. The summed E-state index contributed by atoms with van der Waals surface area (Å²) in [6, 6.07) is 0. The lowest BCUT2D eigenvalue weighted by molar-refractivity contribution is 0.575. The highest BCUT2D eigenvalue weighted by Crippen LogP contribution is 2.20. The summed E-state index contributed by atoms with van der Waals surface area (Å²) in [6.45, 7) is 7.07. The van der Waals surface area contributed by atoms with Crippen LogP contribution in [-0.2, 0) is 13.1 Å². The molecule has 0 amide bonds. The summed E-state index contributed by atoms with van der Waals surface area (Å²) in [7, 11) is 0. The molecule has 0 atom stereocenters. The van der Waals surface area contributed by atoms with E-state index >= 15 is 0 Å². The number of nitrogens with one attached hydrogen (secondary N) is 1. The van der Waals surface area contributed by atoms with Gasteiger partial charge < -0.3 is 9.88 Å². The van der Waals surface area contributed by atoms with Gasteiger partial charge in [-0.3, -0.25) is 4.40 Å². The number of nitrogens with zero attached hydrogens (tertiary/aromatic N) is 4. The zero-order valence-electron chi connectivity index (χ0n) is 11.8. The summed E-state index contributed by atoms with van der Waals surface area (Å²) in [6.07, 6.45) is 8.94. The van der Waals surface area contributed by atoms with Gasteiger partial charge in [0, 0.05) is 36.6 Å². The van der Waals surface area contributed by atoms with E-state index in [1.165, 1.54) is 10.6 Å². The first-order chi connectivity index (χ1) is 9.74. The van der Waals surface area contributed by atoms with Crippen molar-refractivity contribution in [3.05, 3.63) is 41.2 Å². The second-order valence-electron chi connectivity index (χ2n) is 4.97. The molecule has 0 aromatic carbocycles. The van der Waals surface area contributed by atoms with Crippen molar-refractivity contribution in [1.82, 2.24) is 24.3 Å². The van der Waals surface area contributed by atoms with Gasteiger partial charge in [-0.1, -0.05) is 0 Å². The molecule has 3 aromatic heterocycles. The van der Waals surface area contributed by atoms with E-state index in [2.05, 4.69) is 44.3 Å². The van der Waals surface area contributed by atoms with Crippen LogP contribution in [0.5, 0.6) is 0 Å². The van der Waals surface area contributed by atoms with Crippen LogP contribution in [0.3, 0.4) is 0 Å². The highest BCUT2D eigenvalue weighted by Gasteiger charge is 2.10. The summed E-state index contributed by atoms with van der Waals surface area (Å²) in [5.41, 5.74) is 2.39. The molecule has 0 saturated heterocycles. The first kappa shape index (κ1) is 13.3. The topological polar surface area (TPSA) is 47.1 Å². The predicted molar refractivity (Wildman–Crippen MR) is 81.1 cm³/mol. The Morgan fingerprint density at radius 3 is 3.05 bits per heavy atom. The standard InChI is InChI=1S/C14H19N5S/c1-11-9-19-13(12(2)17-14(19)20-11)8-15-4-3-6-18-7-5-16-10-18/h5,7,9-10,15H,3-4,6,8H2,1-2H3. The van der Waals surface area contributed by atoms with Crippen LogP contribution in [0.15, 0.2) is 24.9 Å². The number of rotatable bonds is 6. The molecule has 3 rings (SSSR count). The van der Waals surface area contributed by atoms with Gasteiger partial charge in [0.2, 0.25) is 0 Å². The molecule has 0 unspecified atom stereocenters. The summed E-state index contributed by atoms with van der Waals surface area (Å²) in [5, 5.41) is 3.50. The maximum atomic E-state index is 4.60. The summed E-state index contributed by atoms with van der Waals surface area (Å²) in [5.74, 6) is 0. The van der Waals surface area contributed by atoms with Gasteiger partial charge in [-0.15, -0.1) is 11.3 Å². The lowest BCUT2D eigenvalue weighted by atomic mass is 10.3. The van der Waals surface area contributed by atoms with Crippen molar-refractivity contribution in [2.45, 2.75) is 33.4 Å². The van der Waals surface area contributed by atoms with Gasteiger partial charge in [0.1, 0.15) is 0 Å². The first-order valence-corrected chi connectivity index (χ1v) is 7.66. The monoisotopic (exact) mass is 289 g/mol. The average molecular weight is 289 g/mol. The zero-order chi connectivity index (χ0) is 13.9. The van der Waals surface area contributed by atoms with E-state index in [0.717, 1.165) is 36.7 Å². The van der Waals surface area contributed by atoms with E-state index in [0.29, 0.717) is 0 Å². The van der Waals surface area contributed by atoms with Crippen LogP contribution in [0.25, 0.3) is 4.96 Å². The van der Waals surface area contributed by atoms with Crippen LogP contribution < -0.4 is 5.32 Å². The van der Waals surface area contributed by atoms with Gasteiger partial charge in [0.15, 0.2) is 4.96 Å². The number of imidazole rings is 2. The molecule has 0 aliphatic carbocycles. The van der Waals surface area contributed by atoms with E-state index < -0.39 is 0 Å². The predicted octanol–water partition coefficient (Wildman–Crippen LogP) is 2.39. The molecule has 6 heteroatoms. The summed E-state index contributed by atoms with van der Waals surface area (Å²) < 4.78 is 4.31. The largest absolute Gasteiger partial charge is 0.337 e. The Hall–Kier alpha value is -1.66. The van der Waals surface area contributed by atoms with E-state index in [-0.39, 0.29) is 0 Å². The summed E-state index contributed by atoms with van der Waals surface area (Å²) >= 11 is 1.74. The third-order valence-corrected chi connectivity index (χ3v) is 4.26. The maximum Gasteiger partial charge on any atom is 0.194 e. The number of fused-ring (bicyclic) bond motifs is 1. The lowest BCUT2D eigenvalue weighted by Gasteiger charge is -2.05. The van der Waals surface area contributed by atoms with Crippen LogP contribution in [0.1, 0.15) is 22.7 Å². The zero-order valence-corrected chi connectivity index (χ0v) is 12.7. The normalized spacial score (nSPS) is 11.5. The van der Waals surface area contributed by atoms with Crippen molar-refractivity contribution in [3.63, 3.8) is 0 Å². The highest BCUT2D eigenvalue weighted by molar-refractivity contribution is 7.17.